The van der Waals surface area contributed by atoms with Gasteiger partial charge < -0.3 is 11.1 Å². The number of carbonyl (C=O) groups excluding carboxylic acids is 1. The highest BCUT2D eigenvalue weighted by molar-refractivity contribution is 6.08. The first-order valence-electron chi connectivity index (χ1n) is 8.84. The van der Waals surface area contributed by atoms with Gasteiger partial charge in [0, 0.05) is 30.0 Å². The topological polar surface area (TPSA) is 113 Å². The fraction of sp³-hybridized carbons (Fsp3) is 0.150. The highest BCUT2D eigenvalue weighted by Crippen LogP contribution is 2.35. The van der Waals surface area contributed by atoms with Crippen molar-refractivity contribution in [3.63, 3.8) is 0 Å². The lowest BCUT2D eigenvalue weighted by molar-refractivity contribution is 0.254. The number of carbonyl (C=O) groups is 1. The summed E-state index contributed by atoms with van der Waals surface area (Å²) in [5.41, 5.74) is 15.2. The molecule has 1 saturated heterocycles. The third kappa shape index (κ3) is 2.89. The number of aliphatic imine (C=N–C) groups is 1. The van der Waals surface area contributed by atoms with Crippen molar-refractivity contribution in [3.05, 3.63) is 60.8 Å². The Hall–Kier alpha value is -3.65. The highest BCUT2D eigenvalue weighted by atomic mass is 16.2. The predicted octanol–water partition coefficient (Wildman–Crippen LogP) is 2.32. The fourth-order valence-corrected chi connectivity index (χ4v) is 3.45. The normalized spacial score (nSPS) is 19.7. The molecule has 1 aromatic heterocycles. The standard InChI is InChI=1S/C20H21N7O/c1-23-15-5-2-6-16(11-15)26-12-20(22,25-13-21)27(19(26)28)17-7-8-18-14(10-17)4-3-9-24-18/h2-11,13,23H,12,22H2,1H3,(H2,21,25). The van der Waals surface area contributed by atoms with Crippen molar-refractivity contribution < 1.29 is 4.79 Å². The second-order valence-corrected chi connectivity index (χ2v) is 6.54. The van der Waals surface area contributed by atoms with Crippen molar-refractivity contribution in [1.29, 1.82) is 0 Å². The second kappa shape index (κ2) is 6.82. The van der Waals surface area contributed by atoms with Gasteiger partial charge in [0.15, 0.2) is 0 Å². The molecule has 1 unspecified atom stereocenters. The van der Waals surface area contributed by atoms with Gasteiger partial charge in [0.2, 0.25) is 5.79 Å². The molecule has 2 amide bonds. The van der Waals surface area contributed by atoms with Gasteiger partial charge in [-0.2, -0.15) is 0 Å². The number of aromatic nitrogens is 1. The summed E-state index contributed by atoms with van der Waals surface area (Å²) in [6.45, 7) is 0.164. The molecule has 8 nitrogen and oxygen atoms in total. The van der Waals surface area contributed by atoms with Gasteiger partial charge in [-0.25, -0.2) is 9.79 Å². The molecule has 4 rings (SSSR count). The van der Waals surface area contributed by atoms with Crippen molar-refractivity contribution in [2.75, 3.05) is 28.7 Å². The average molecular weight is 375 g/mol. The van der Waals surface area contributed by atoms with Crippen LogP contribution < -0.4 is 26.6 Å². The number of anilines is 3. The van der Waals surface area contributed by atoms with E-state index in [-0.39, 0.29) is 12.6 Å². The van der Waals surface area contributed by atoms with Crippen LogP contribution in [-0.4, -0.2) is 36.7 Å². The van der Waals surface area contributed by atoms with E-state index in [1.54, 1.807) is 11.1 Å². The minimum Gasteiger partial charge on any atom is -0.390 e. The Morgan fingerprint density at radius 3 is 2.82 bits per heavy atom. The zero-order chi connectivity index (χ0) is 19.7. The molecule has 142 valence electrons. The van der Waals surface area contributed by atoms with Gasteiger partial charge in [0.05, 0.1) is 24.1 Å². The number of amides is 2. The molecule has 8 heteroatoms. The van der Waals surface area contributed by atoms with Gasteiger partial charge >= 0.3 is 6.03 Å². The lowest BCUT2D eigenvalue weighted by Crippen LogP contribution is -2.54. The van der Waals surface area contributed by atoms with E-state index < -0.39 is 5.79 Å². The summed E-state index contributed by atoms with van der Waals surface area (Å²) in [7, 11) is 1.83. The monoisotopic (exact) mass is 375 g/mol. The van der Waals surface area contributed by atoms with Crippen molar-refractivity contribution in [2.24, 2.45) is 16.5 Å². The van der Waals surface area contributed by atoms with Crippen LogP contribution in [0.15, 0.2) is 65.8 Å². The maximum Gasteiger partial charge on any atom is 0.332 e. The van der Waals surface area contributed by atoms with Gasteiger partial charge in [-0.15, -0.1) is 0 Å². The third-order valence-electron chi connectivity index (χ3n) is 4.79. The first-order valence-corrected chi connectivity index (χ1v) is 8.84. The van der Waals surface area contributed by atoms with Gasteiger partial charge in [0.25, 0.3) is 0 Å². The predicted molar refractivity (Wildman–Crippen MR) is 113 cm³/mol. The summed E-state index contributed by atoms with van der Waals surface area (Å²) in [4.78, 5) is 25.0. The molecule has 2 aromatic carbocycles. The Kier molecular flexibility index (Phi) is 4.32. The van der Waals surface area contributed by atoms with Crippen molar-refractivity contribution in [3.8, 4) is 0 Å². The smallest absolute Gasteiger partial charge is 0.332 e. The summed E-state index contributed by atoms with van der Waals surface area (Å²) in [6.07, 6.45) is 2.86. The number of nitrogens with zero attached hydrogens (tertiary/aromatic N) is 4. The minimum absolute atomic E-state index is 0.164. The fourth-order valence-electron chi connectivity index (χ4n) is 3.45. The highest BCUT2D eigenvalue weighted by Gasteiger charge is 2.48. The molecule has 5 N–H and O–H groups in total. The molecule has 1 fully saturated rings. The van der Waals surface area contributed by atoms with Crippen LogP contribution in [0.3, 0.4) is 0 Å². The van der Waals surface area contributed by atoms with Gasteiger partial charge in [-0.1, -0.05) is 12.1 Å². The molecule has 0 bridgehead atoms. The lowest BCUT2D eigenvalue weighted by atomic mass is 10.1. The van der Waals surface area contributed by atoms with E-state index in [4.69, 9.17) is 11.5 Å². The molecular formula is C20H21N7O. The number of hydrogen-bond donors (Lipinski definition) is 3. The largest absolute Gasteiger partial charge is 0.390 e. The Morgan fingerprint density at radius 2 is 2.04 bits per heavy atom. The molecule has 1 aliphatic rings. The number of nitrogens with two attached hydrogens (primary N) is 2. The number of rotatable bonds is 4. The van der Waals surface area contributed by atoms with E-state index >= 15 is 0 Å². The number of pyridine rings is 1. The van der Waals surface area contributed by atoms with E-state index in [9.17, 15) is 4.79 Å². The van der Waals surface area contributed by atoms with Crippen LogP contribution in [0.5, 0.6) is 0 Å². The molecule has 0 aliphatic carbocycles. The van der Waals surface area contributed by atoms with Crippen LogP contribution >= 0.6 is 0 Å². The van der Waals surface area contributed by atoms with Crippen LogP contribution in [-0.2, 0) is 0 Å². The number of fused-ring (bicyclic) bond motifs is 1. The van der Waals surface area contributed by atoms with E-state index in [1.807, 2.05) is 61.6 Å². The molecule has 1 atom stereocenters. The number of hydrogen-bond acceptors (Lipinski definition) is 5. The van der Waals surface area contributed by atoms with Crippen LogP contribution in [0.1, 0.15) is 0 Å². The van der Waals surface area contributed by atoms with Crippen molar-refractivity contribution >= 4 is 40.3 Å². The first-order chi connectivity index (χ1) is 13.6. The van der Waals surface area contributed by atoms with E-state index in [1.165, 1.54) is 4.90 Å². The zero-order valence-corrected chi connectivity index (χ0v) is 15.4. The maximum atomic E-state index is 13.4. The Labute approximate surface area is 162 Å². The Balaban J connectivity index is 1.80. The van der Waals surface area contributed by atoms with Crippen LogP contribution in [0, 0.1) is 0 Å². The summed E-state index contributed by atoms with van der Waals surface area (Å²) in [5, 5.41) is 3.98. The number of urea groups is 1. The summed E-state index contributed by atoms with van der Waals surface area (Å²) >= 11 is 0. The molecule has 28 heavy (non-hydrogen) atoms. The molecule has 1 aliphatic heterocycles. The van der Waals surface area contributed by atoms with Crippen LogP contribution in [0.4, 0.5) is 21.9 Å². The van der Waals surface area contributed by atoms with Gasteiger partial charge in [-0.3, -0.25) is 20.5 Å². The molecule has 0 spiro atoms. The Bertz CT molecular complexity index is 1070. The van der Waals surface area contributed by atoms with E-state index in [2.05, 4.69) is 15.3 Å². The van der Waals surface area contributed by atoms with E-state index in [0.29, 0.717) is 5.69 Å². The number of benzene rings is 2. The second-order valence-electron chi connectivity index (χ2n) is 6.54. The summed E-state index contributed by atoms with van der Waals surface area (Å²) in [6, 6.07) is 16.6. The lowest BCUT2D eigenvalue weighted by Gasteiger charge is -2.29. The molecule has 2 heterocycles. The summed E-state index contributed by atoms with van der Waals surface area (Å²) < 4.78 is 0. The van der Waals surface area contributed by atoms with E-state index in [0.717, 1.165) is 28.6 Å². The molecule has 0 radical (unpaired) electrons. The van der Waals surface area contributed by atoms with Crippen molar-refractivity contribution in [2.45, 2.75) is 5.79 Å². The van der Waals surface area contributed by atoms with Crippen molar-refractivity contribution in [1.82, 2.24) is 4.98 Å². The maximum absolute atomic E-state index is 13.4. The minimum atomic E-state index is -1.32. The van der Waals surface area contributed by atoms with Crippen LogP contribution in [0.2, 0.25) is 0 Å². The average Bonchev–Trinajstić information content (AvgIpc) is 2.98. The molecule has 0 saturated carbocycles. The molecule has 3 aromatic rings. The SMILES string of the molecule is CNc1cccc(N2CC(N)(N=CN)N(c3ccc4ncccc4c3)C2=O)c1. The van der Waals surface area contributed by atoms with Gasteiger partial charge in [0.1, 0.15) is 0 Å². The van der Waals surface area contributed by atoms with Gasteiger partial charge in [-0.05, 0) is 42.5 Å². The number of nitrogens with one attached hydrogen (secondary N) is 1. The summed E-state index contributed by atoms with van der Waals surface area (Å²) in [5.74, 6) is -1.32. The quantitative estimate of drug-likeness (QED) is 0.478. The van der Waals surface area contributed by atoms with Crippen LogP contribution in [0.25, 0.3) is 10.9 Å². The first kappa shape index (κ1) is 17.7. The third-order valence-corrected chi connectivity index (χ3v) is 4.79. The Morgan fingerprint density at radius 1 is 1.18 bits per heavy atom. The molecular weight excluding hydrogens is 354 g/mol. The zero-order valence-electron chi connectivity index (χ0n) is 15.4.